The largest absolute Gasteiger partial charge is 0.380 e. The van der Waals surface area contributed by atoms with E-state index in [4.69, 9.17) is 27.9 Å². The van der Waals surface area contributed by atoms with Crippen LogP contribution in [-0.2, 0) is 11.3 Å². The molecule has 3 aromatic rings. The molecule has 4 nitrogen and oxygen atoms in total. The van der Waals surface area contributed by atoms with Crippen LogP contribution in [0.3, 0.4) is 0 Å². The molecule has 25 heavy (non-hydrogen) atoms. The molecule has 1 aromatic heterocycles. The van der Waals surface area contributed by atoms with E-state index in [9.17, 15) is 4.79 Å². The number of ether oxygens (including phenoxy) is 1. The number of nitrogens with one attached hydrogen (secondary N) is 1. The van der Waals surface area contributed by atoms with Crippen molar-refractivity contribution < 1.29 is 9.53 Å². The monoisotopic (exact) mass is 392 g/mol. The van der Waals surface area contributed by atoms with Gasteiger partial charge in [0.2, 0.25) is 0 Å². The first-order valence-electron chi connectivity index (χ1n) is 7.37. The molecule has 1 heterocycles. The van der Waals surface area contributed by atoms with Crippen LogP contribution in [0.4, 0.5) is 5.13 Å². The number of carbonyl (C=O) groups excluding carboxylic acids is 1. The summed E-state index contributed by atoms with van der Waals surface area (Å²) in [5.74, 6) is -0.220. The Morgan fingerprint density at radius 3 is 2.68 bits per heavy atom. The van der Waals surface area contributed by atoms with E-state index in [0.717, 1.165) is 11.1 Å². The summed E-state index contributed by atoms with van der Waals surface area (Å²) in [6.45, 7) is 0.512. The number of nitrogens with zero attached hydrogens (tertiary/aromatic N) is 1. The zero-order valence-electron chi connectivity index (χ0n) is 13.3. The molecule has 1 N–H and O–H groups in total. The average molecular weight is 393 g/mol. The van der Waals surface area contributed by atoms with Crippen molar-refractivity contribution in [3.63, 3.8) is 0 Å². The number of aromatic nitrogens is 1. The molecule has 0 aliphatic carbocycles. The third kappa shape index (κ3) is 4.38. The fourth-order valence-corrected chi connectivity index (χ4v) is 3.33. The van der Waals surface area contributed by atoms with Gasteiger partial charge in [0.05, 0.1) is 17.3 Å². The van der Waals surface area contributed by atoms with Crippen LogP contribution in [0.1, 0.15) is 15.9 Å². The van der Waals surface area contributed by atoms with Gasteiger partial charge in [-0.2, -0.15) is 0 Å². The van der Waals surface area contributed by atoms with Crippen LogP contribution in [-0.4, -0.2) is 18.0 Å². The van der Waals surface area contributed by atoms with Crippen molar-refractivity contribution in [3.8, 4) is 11.3 Å². The number of benzene rings is 2. The smallest absolute Gasteiger partial charge is 0.257 e. The van der Waals surface area contributed by atoms with Gasteiger partial charge in [0.1, 0.15) is 0 Å². The zero-order chi connectivity index (χ0) is 17.8. The molecule has 2 aromatic carbocycles. The summed E-state index contributed by atoms with van der Waals surface area (Å²) in [6.07, 6.45) is 0. The Bertz CT molecular complexity index is 894. The van der Waals surface area contributed by atoms with E-state index in [1.54, 1.807) is 37.4 Å². The number of carbonyl (C=O) groups is 1. The van der Waals surface area contributed by atoms with E-state index in [1.807, 2.05) is 17.5 Å². The number of hydrogen-bond acceptors (Lipinski definition) is 4. The van der Waals surface area contributed by atoms with Crippen LogP contribution in [0, 0.1) is 0 Å². The Hall–Kier alpha value is -1.92. The number of halogens is 2. The Morgan fingerprint density at radius 1 is 1.20 bits per heavy atom. The van der Waals surface area contributed by atoms with Crippen molar-refractivity contribution in [2.45, 2.75) is 6.61 Å². The molecule has 0 saturated heterocycles. The highest BCUT2D eigenvalue weighted by Crippen LogP contribution is 2.32. The van der Waals surface area contributed by atoms with E-state index < -0.39 is 0 Å². The van der Waals surface area contributed by atoms with Gasteiger partial charge in [0.15, 0.2) is 5.13 Å². The molecule has 0 radical (unpaired) electrons. The predicted molar refractivity (Wildman–Crippen MR) is 103 cm³/mol. The second-order valence-corrected chi connectivity index (χ2v) is 6.95. The van der Waals surface area contributed by atoms with Crippen LogP contribution in [0.25, 0.3) is 11.3 Å². The van der Waals surface area contributed by atoms with Crippen molar-refractivity contribution in [2.75, 3.05) is 12.4 Å². The third-order valence-corrected chi connectivity index (χ3v) is 4.78. The standard InChI is InChI=1S/C18H14Cl2N2O2S/c1-24-9-11-2-4-12(5-3-11)17(23)22-18-21-16(10-25-18)14-8-13(19)6-7-15(14)20/h2-8,10H,9H2,1H3,(H,21,22,23). The molecule has 0 fully saturated rings. The molecule has 0 bridgehead atoms. The maximum absolute atomic E-state index is 12.3. The third-order valence-electron chi connectivity index (χ3n) is 3.46. The van der Waals surface area contributed by atoms with Crippen LogP contribution in [0.15, 0.2) is 47.8 Å². The molecule has 0 saturated carbocycles. The van der Waals surface area contributed by atoms with Crippen molar-refractivity contribution in [3.05, 3.63) is 69.0 Å². The second kappa shape index (κ2) is 7.97. The van der Waals surface area contributed by atoms with Crippen molar-refractivity contribution >= 4 is 45.6 Å². The van der Waals surface area contributed by atoms with Crippen LogP contribution >= 0.6 is 34.5 Å². The van der Waals surface area contributed by atoms with Crippen LogP contribution in [0.5, 0.6) is 0 Å². The Labute approximate surface area is 159 Å². The van der Waals surface area contributed by atoms with E-state index in [2.05, 4.69) is 10.3 Å². The van der Waals surface area contributed by atoms with Gasteiger partial charge in [-0.25, -0.2) is 4.98 Å². The normalized spacial score (nSPS) is 10.7. The predicted octanol–water partition coefficient (Wildman–Crippen LogP) is 5.52. The molecular weight excluding hydrogens is 379 g/mol. The Kier molecular flexibility index (Phi) is 5.71. The minimum absolute atomic E-state index is 0.220. The highest BCUT2D eigenvalue weighted by Gasteiger charge is 2.12. The number of hydrogen-bond donors (Lipinski definition) is 1. The summed E-state index contributed by atoms with van der Waals surface area (Å²) < 4.78 is 5.06. The summed E-state index contributed by atoms with van der Waals surface area (Å²) in [7, 11) is 1.63. The minimum atomic E-state index is -0.220. The SMILES string of the molecule is COCc1ccc(C(=O)Nc2nc(-c3cc(Cl)ccc3Cl)cs2)cc1. The number of anilines is 1. The average Bonchev–Trinajstić information content (AvgIpc) is 3.06. The second-order valence-electron chi connectivity index (χ2n) is 5.25. The van der Waals surface area contributed by atoms with Crippen molar-refractivity contribution in [1.82, 2.24) is 4.98 Å². The van der Waals surface area contributed by atoms with Gasteiger partial charge in [-0.3, -0.25) is 10.1 Å². The summed E-state index contributed by atoms with van der Waals surface area (Å²) in [6, 6.07) is 12.4. The quantitative estimate of drug-likeness (QED) is 0.621. The Morgan fingerprint density at radius 2 is 1.96 bits per heavy atom. The molecule has 3 rings (SSSR count). The first kappa shape index (κ1) is 17.9. The zero-order valence-corrected chi connectivity index (χ0v) is 15.6. The van der Waals surface area contributed by atoms with Gasteiger partial charge in [0.25, 0.3) is 5.91 Å². The maximum atomic E-state index is 12.3. The number of thiazole rings is 1. The summed E-state index contributed by atoms with van der Waals surface area (Å²) in [5, 5.41) is 6.26. The number of amides is 1. The lowest BCUT2D eigenvalue weighted by Crippen LogP contribution is -2.11. The lowest BCUT2D eigenvalue weighted by atomic mass is 10.1. The lowest BCUT2D eigenvalue weighted by molar-refractivity contribution is 0.102. The fraction of sp³-hybridized carbons (Fsp3) is 0.111. The van der Waals surface area contributed by atoms with E-state index >= 15 is 0 Å². The molecule has 0 spiro atoms. The van der Waals surface area contributed by atoms with E-state index in [-0.39, 0.29) is 5.91 Å². The van der Waals surface area contributed by atoms with E-state index in [0.29, 0.717) is 33.0 Å². The van der Waals surface area contributed by atoms with Gasteiger partial charge < -0.3 is 4.74 Å². The van der Waals surface area contributed by atoms with Gasteiger partial charge in [-0.1, -0.05) is 35.3 Å². The minimum Gasteiger partial charge on any atom is -0.380 e. The highest BCUT2D eigenvalue weighted by molar-refractivity contribution is 7.14. The topological polar surface area (TPSA) is 51.2 Å². The molecule has 0 atom stereocenters. The lowest BCUT2D eigenvalue weighted by Gasteiger charge is -2.04. The van der Waals surface area contributed by atoms with Crippen molar-refractivity contribution in [1.29, 1.82) is 0 Å². The Balaban J connectivity index is 1.74. The molecule has 128 valence electrons. The summed E-state index contributed by atoms with van der Waals surface area (Å²) >= 11 is 13.5. The first-order valence-corrected chi connectivity index (χ1v) is 9.00. The maximum Gasteiger partial charge on any atom is 0.257 e. The van der Waals surface area contributed by atoms with Gasteiger partial charge in [-0.15, -0.1) is 11.3 Å². The van der Waals surface area contributed by atoms with Crippen molar-refractivity contribution in [2.24, 2.45) is 0 Å². The van der Waals surface area contributed by atoms with E-state index in [1.165, 1.54) is 11.3 Å². The number of rotatable bonds is 5. The molecule has 7 heteroatoms. The summed E-state index contributed by atoms with van der Waals surface area (Å²) in [4.78, 5) is 16.7. The molecule has 0 unspecified atom stereocenters. The molecular formula is C18H14Cl2N2O2S. The van der Waals surface area contributed by atoms with Crippen LogP contribution < -0.4 is 5.32 Å². The fourth-order valence-electron chi connectivity index (χ4n) is 2.24. The first-order chi connectivity index (χ1) is 12.1. The highest BCUT2D eigenvalue weighted by atomic mass is 35.5. The molecule has 1 amide bonds. The van der Waals surface area contributed by atoms with Crippen LogP contribution in [0.2, 0.25) is 10.0 Å². The molecule has 0 aliphatic heterocycles. The molecule has 0 aliphatic rings. The van der Waals surface area contributed by atoms with Gasteiger partial charge in [0, 0.05) is 28.6 Å². The summed E-state index contributed by atoms with van der Waals surface area (Å²) in [5.41, 5.74) is 2.96. The van der Waals surface area contributed by atoms with Gasteiger partial charge >= 0.3 is 0 Å². The number of methoxy groups -OCH3 is 1. The van der Waals surface area contributed by atoms with Gasteiger partial charge in [-0.05, 0) is 35.9 Å².